The van der Waals surface area contributed by atoms with E-state index < -0.39 is 45.1 Å². The van der Waals surface area contributed by atoms with Gasteiger partial charge in [-0.25, -0.2) is 21.9 Å². The lowest BCUT2D eigenvalue weighted by molar-refractivity contribution is -0.123. The SMILES string of the molecule is C[C@H](NS(C)(=O)=O)C(=O)N[C@H](c1ccc(F)cc1F)C(C)(C)C. The summed E-state index contributed by atoms with van der Waals surface area (Å²) >= 11 is 0. The molecule has 1 rings (SSSR count). The summed E-state index contributed by atoms with van der Waals surface area (Å²) in [5, 5.41) is 2.63. The average Bonchev–Trinajstić information content (AvgIpc) is 2.33. The van der Waals surface area contributed by atoms with E-state index in [0.29, 0.717) is 0 Å². The van der Waals surface area contributed by atoms with Crippen molar-refractivity contribution in [3.63, 3.8) is 0 Å². The van der Waals surface area contributed by atoms with Gasteiger partial charge in [0.1, 0.15) is 11.6 Å². The molecule has 8 heteroatoms. The summed E-state index contributed by atoms with van der Waals surface area (Å²) in [6, 6.07) is 1.37. The minimum Gasteiger partial charge on any atom is -0.347 e. The third-order valence-corrected chi connectivity index (χ3v) is 3.99. The van der Waals surface area contributed by atoms with Gasteiger partial charge in [0.2, 0.25) is 15.9 Å². The zero-order valence-electron chi connectivity index (χ0n) is 13.8. The van der Waals surface area contributed by atoms with Crippen molar-refractivity contribution in [2.75, 3.05) is 6.26 Å². The van der Waals surface area contributed by atoms with E-state index in [1.54, 1.807) is 20.8 Å². The summed E-state index contributed by atoms with van der Waals surface area (Å²) in [5.41, 5.74) is -0.433. The van der Waals surface area contributed by atoms with Gasteiger partial charge in [0.25, 0.3) is 0 Å². The van der Waals surface area contributed by atoms with E-state index in [1.165, 1.54) is 13.0 Å². The zero-order valence-corrected chi connectivity index (χ0v) is 14.6. The standard InChI is InChI=1S/C15H22F2N2O3S/c1-9(19-23(5,21)22)14(20)18-13(15(2,3)4)11-7-6-10(16)8-12(11)17/h6-9,13,19H,1-5H3,(H,18,20)/t9-,13+/m0/s1. The molecule has 0 radical (unpaired) electrons. The number of halogens is 2. The molecular formula is C15H22F2N2O3S. The summed E-state index contributed by atoms with van der Waals surface area (Å²) in [6.45, 7) is 6.75. The Morgan fingerprint density at radius 1 is 1.22 bits per heavy atom. The maximum absolute atomic E-state index is 14.1. The molecule has 0 fully saturated rings. The molecule has 1 aromatic rings. The molecular weight excluding hydrogens is 326 g/mol. The van der Waals surface area contributed by atoms with Crippen LogP contribution in [0, 0.1) is 17.0 Å². The number of carbonyl (C=O) groups excluding carboxylic acids is 1. The molecule has 2 N–H and O–H groups in total. The Kier molecular flexibility index (Phi) is 5.87. The molecule has 0 bridgehead atoms. The van der Waals surface area contributed by atoms with Crippen LogP contribution in [-0.2, 0) is 14.8 Å². The number of sulfonamides is 1. The summed E-state index contributed by atoms with van der Waals surface area (Å²) in [6.07, 6.45) is 0.942. The molecule has 5 nitrogen and oxygen atoms in total. The van der Waals surface area contributed by atoms with Crippen molar-refractivity contribution in [1.82, 2.24) is 10.0 Å². The molecule has 130 valence electrons. The van der Waals surface area contributed by atoms with Crippen molar-refractivity contribution >= 4 is 15.9 Å². The molecule has 0 spiro atoms. The number of nitrogens with one attached hydrogen (secondary N) is 2. The van der Waals surface area contributed by atoms with E-state index in [0.717, 1.165) is 18.4 Å². The Balaban J connectivity index is 3.08. The Morgan fingerprint density at radius 2 is 1.78 bits per heavy atom. The van der Waals surface area contributed by atoms with Gasteiger partial charge in [-0.2, -0.15) is 0 Å². The Labute approximate surface area is 135 Å². The predicted octanol–water partition coefficient (Wildman–Crippen LogP) is 2.11. The zero-order chi connectivity index (χ0) is 18.0. The van der Waals surface area contributed by atoms with Crippen LogP contribution in [0.3, 0.4) is 0 Å². The smallest absolute Gasteiger partial charge is 0.238 e. The maximum atomic E-state index is 14.1. The monoisotopic (exact) mass is 348 g/mol. The fraction of sp³-hybridized carbons (Fsp3) is 0.533. The molecule has 0 saturated carbocycles. The van der Waals surface area contributed by atoms with Crippen LogP contribution in [-0.4, -0.2) is 26.6 Å². The average molecular weight is 348 g/mol. The Hall–Kier alpha value is -1.54. The first-order valence-corrected chi connectivity index (χ1v) is 8.93. The van der Waals surface area contributed by atoms with Crippen molar-refractivity contribution in [3.8, 4) is 0 Å². The third-order valence-electron chi connectivity index (χ3n) is 3.21. The van der Waals surface area contributed by atoms with Crippen LogP contribution in [0.5, 0.6) is 0 Å². The van der Waals surface area contributed by atoms with E-state index in [1.807, 2.05) is 0 Å². The molecule has 23 heavy (non-hydrogen) atoms. The highest BCUT2D eigenvalue weighted by Gasteiger charge is 2.31. The number of carbonyl (C=O) groups is 1. The molecule has 1 aromatic carbocycles. The Bertz CT molecular complexity index is 684. The van der Waals surface area contributed by atoms with E-state index in [4.69, 9.17) is 0 Å². The van der Waals surface area contributed by atoms with Crippen LogP contribution in [0.4, 0.5) is 8.78 Å². The van der Waals surface area contributed by atoms with Crippen molar-refractivity contribution in [3.05, 3.63) is 35.4 Å². The second kappa shape index (κ2) is 6.92. The Morgan fingerprint density at radius 3 is 2.22 bits per heavy atom. The van der Waals surface area contributed by atoms with Crippen LogP contribution < -0.4 is 10.0 Å². The first kappa shape index (κ1) is 19.5. The van der Waals surface area contributed by atoms with Crippen LogP contribution >= 0.6 is 0 Å². The molecule has 0 aromatic heterocycles. The fourth-order valence-corrected chi connectivity index (χ4v) is 2.89. The largest absolute Gasteiger partial charge is 0.347 e. The lowest BCUT2D eigenvalue weighted by atomic mass is 9.82. The number of amides is 1. The fourth-order valence-electron chi connectivity index (χ4n) is 2.14. The highest BCUT2D eigenvalue weighted by Crippen LogP contribution is 2.34. The minimum absolute atomic E-state index is 0.138. The van der Waals surface area contributed by atoms with Crippen LogP contribution in [0.2, 0.25) is 0 Å². The molecule has 0 aliphatic rings. The summed E-state index contributed by atoms with van der Waals surface area (Å²) < 4.78 is 51.7. The van der Waals surface area contributed by atoms with Crippen molar-refractivity contribution in [2.45, 2.75) is 39.8 Å². The van der Waals surface area contributed by atoms with Gasteiger partial charge in [0.05, 0.1) is 18.3 Å². The molecule has 0 unspecified atom stereocenters. The van der Waals surface area contributed by atoms with E-state index in [9.17, 15) is 22.0 Å². The van der Waals surface area contributed by atoms with Gasteiger partial charge in [0, 0.05) is 11.6 Å². The van der Waals surface area contributed by atoms with Gasteiger partial charge in [-0.15, -0.1) is 0 Å². The van der Waals surface area contributed by atoms with Gasteiger partial charge in [-0.3, -0.25) is 4.79 Å². The quantitative estimate of drug-likeness (QED) is 0.856. The third kappa shape index (κ3) is 5.87. The highest BCUT2D eigenvalue weighted by atomic mass is 32.2. The highest BCUT2D eigenvalue weighted by molar-refractivity contribution is 7.88. The van der Waals surface area contributed by atoms with Gasteiger partial charge >= 0.3 is 0 Å². The summed E-state index contributed by atoms with van der Waals surface area (Å²) in [5.74, 6) is -2.08. The molecule has 0 aliphatic carbocycles. The lowest BCUT2D eigenvalue weighted by Gasteiger charge is -2.33. The molecule has 0 saturated heterocycles. The molecule has 0 heterocycles. The molecule has 1 amide bonds. The molecule has 2 atom stereocenters. The maximum Gasteiger partial charge on any atom is 0.238 e. The lowest BCUT2D eigenvalue weighted by Crippen LogP contribution is -2.47. The second-order valence-electron chi connectivity index (χ2n) is 6.59. The summed E-state index contributed by atoms with van der Waals surface area (Å²) in [7, 11) is -3.55. The van der Waals surface area contributed by atoms with E-state index in [-0.39, 0.29) is 5.56 Å². The minimum atomic E-state index is -3.55. The van der Waals surface area contributed by atoms with Gasteiger partial charge in [0.15, 0.2) is 0 Å². The van der Waals surface area contributed by atoms with E-state index in [2.05, 4.69) is 10.0 Å². The number of benzene rings is 1. The van der Waals surface area contributed by atoms with Gasteiger partial charge < -0.3 is 5.32 Å². The van der Waals surface area contributed by atoms with Gasteiger partial charge in [-0.05, 0) is 18.4 Å². The van der Waals surface area contributed by atoms with Crippen molar-refractivity contribution < 1.29 is 22.0 Å². The predicted molar refractivity (Wildman–Crippen MR) is 84.1 cm³/mol. The topological polar surface area (TPSA) is 75.3 Å². The van der Waals surface area contributed by atoms with Crippen LogP contribution in [0.15, 0.2) is 18.2 Å². The first-order chi connectivity index (χ1) is 10.3. The van der Waals surface area contributed by atoms with Crippen LogP contribution in [0.25, 0.3) is 0 Å². The number of hydrogen-bond donors (Lipinski definition) is 2. The van der Waals surface area contributed by atoms with Crippen molar-refractivity contribution in [1.29, 1.82) is 0 Å². The first-order valence-electron chi connectivity index (χ1n) is 7.04. The van der Waals surface area contributed by atoms with Crippen LogP contribution in [0.1, 0.15) is 39.3 Å². The second-order valence-corrected chi connectivity index (χ2v) is 8.37. The van der Waals surface area contributed by atoms with E-state index >= 15 is 0 Å². The summed E-state index contributed by atoms with van der Waals surface area (Å²) in [4.78, 5) is 12.2. The van der Waals surface area contributed by atoms with Crippen molar-refractivity contribution in [2.24, 2.45) is 5.41 Å². The van der Waals surface area contributed by atoms with Gasteiger partial charge in [-0.1, -0.05) is 26.8 Å². The number of hydrogen-bond acceptors (Lipinski definition) is 3. The number of rotatable bonds is 5. The molecule has 0 aliphatic heterocycles. The normalized spacial score (nSPS) is 15.1.